The first-order valence-electron chi connectivity index (χ1n) is 8.25. The molecule has 0 saturated heterocycles. The highest BCUT2D eigenvalue weighted by Crippen LogP contribution is 2.23. The number of hydrogen-bond donors (Lipinski definition) is 0. The molecule has 3 aromatic rings. The van der Waals surface area contributed by atoms with Crippen molar-refractivity contribution in [1.29, 1.82) is 0 Å². The van der Waals surface area contributed by atoms with Crippen LogP contribution in [0.1, 0.15) is 43.2 Å². The Morgan fingerprint density at radius 2 is 1.92 bits per heavy atom. The predicted octanol–water partition coefficient (Wildman–Crippen LogP) is 4.21. The highest BCUT2D eigenvalue weighted by Gasteiger charge is 2.20. The van der Waals surface area contributed by atoms with Crippen LogP contribution in [0.4, 0.5) is 0 Å². The number of thiazole rings is 1. The molecule has 0 saturated carbocycles. The summed E-state index contributed by atoms with van der Waals surface area (Å²) in [7, 11) is 0. The van der Waals surface area contributed by atoms with Crippen LogP contribution in [0, 0.1) is 27.7 Å². The van der Waals surface area contributed by atoms with Gasteiger partial charge in [-0.2, -0.15) is 0 Å². The second-order valence-electron chi connectivity index (χ2n) is 6.18. The number of carbonyl (C=O) groups excluding carboxylic acids is 2. The Hall–Kier alpha value is -2.73. The van der Waals surface area contributed by atoms with Gasteiger partial charge in [-0.25, -0.2) is 9.78 Å². The van der Waals surface area contributed by atoms with Crippen LogP contribution >= 0.6 is 11.3 Å². The van der Waals surface area contributed by atoms with Crippen molar-refractivity contribution in [3.8, 4) is 5.13 Å². The molecule has 0 atom stereocenters. The number of aromatic nitrogens is 2. The number of ketones is 1. The summed E-state index contributed by atoms with van der Waals surface area (Å²) in [6.45, 7) is 7.32. The molecule has 0 spiro atoms. The van der Waals surface area contributed by atoms with Gasteiger partial charge in [0.15, 0.2) is 11.7 Å². The molecule has 5 nitrogen and oxygen atoms in total. The average molecular weight is 368 g/mol. The van der Waals surface area contributed by atoms with E-state index in [1.165, 1.54) is 11.3 Å². The first-order chi connectivity index (χ1) is 12.4. The smallest absolute Gasteiger partial charge is 0.338 e. The molecule has 0 unspecified atom stereocenters. The minimum absolute atomic E-state index is 0.223. The molecule has 6 heteroatoms. The highest BCUT2D eigenvalue weighted by molar-refractivity contribution is 7.12. The Morgan fingerprint density at radius 1 is 1.15 bits per heavy atom. The van der Waals surface area contributed by atoms with Crippen LogP contribution in [0.5, 0.6) is 0 Å². The molecule has 0 radical (unpaired) electrons. The number of rotatable bonds is 5. The Labute approximate surface area is 156 Å². The number of esters is 1. The SMILES string of the molecule is Cc1cccc(C(=O)OCC(=O)c2cc(C)n(-c3nccs3)c2C)c1C. The second kappa shape index (κ2) is 7.25. The van der Waals surface area contributed by atoms with Gasteiger partial charge in [0.05, 0.1) is 5.56 Å². The fourth-order valence-corrected chi connectivity index (χ4v) is 3.68. The van der Waals surface area contributed by atoms with Crippen molar-refractivity contribution in [3.05, 3.63) is 69.5 Å². The van der Waals surface area contributed by atoms with Gasteiger partial charge >= 0.3 is 5.97 Å². The van der Waals surface area contributed by atoms with Crippen molar-refractivity contribution in [2.75, 3.05) is 6.61 Å². The molecule has 1 aromatic carbocycles. The van der Waals surface area contributed by atoms with E-state index in [9.17, 15) is 9.59 Å². The molecule has 0 aliphatic heterocycles. The van der Waals surface area contributed by atoms with Gasteiger partial charge in [0.2, 0.25) is 5.78 Å². The summed E-state index contributed by atoms with van der Waals surface area (Å²) in [5.41, 5.74) is 4.63. The van der Waals surface area contributed by atoms with E-state index in [4.69, 9.17) is 4.74 Å². The lowest BCUT2D eigenvalue weighted by atomic mass is 10.0. The molecule has 2 heterocycles. The topological polar surface area (TPSA) is 61.2 Å². The van der Waals surface area contributed by atoms with E-state index < -0.39 is 5.97 Å². The van der Waals surface area contributed by atoms with Gasteiger partial charge in [0.1, 0.15) is 0 Å². The summed E-state index contributed by atoms with van der Waals surface area (Å²) >= 11 is 1.50. The summed E-state index contributed by atoms with van der Waals surface area (Å²) in [6, 6.07) is 7.27. The molecule has 0 aliphatic carbocycles. The number of benzene rings is 1. The van der Waals surface area contributed by atoms with Crippen molar-refractivity contribution >= 4 is 23.1 Å². The monoisotopic (exact) mass is 368 g/mol. The van der Waals surface area contributed by atoms with Gasteiger partial charge < -0.3 is 4.74 Å². The normalized spacial score (nSPS) is 10.8. The standard InChI is InChI=1S/C20H20N2O3S/c1-12-6-5-7-16(14(12)3)19(24)25-11-18(23)17-10-13(2)22(15(17)4)20-21-8-9-26-20/h5-10H,11H2,1-4H3. The largest absolute Gasteiger partial charge is 0.454 e. The Bertz CT molecular complexity index is 971. The van der Waals surface area contributed by atoms with Crippen molar-refractivity contribution in [1.82, 2.24) is 9.55 Å². The van der Waals surface area contributed by atoms with Gasteiger partial charge in [-0.3, -0.25) is 9.36 Å². The number of aryl methyl sites for hydroxylation is 2. The molecular weight excluding hydrogens is 348 g/mol. The van der Waals surface area contributed by atoms with E-state index in [2.05, 4.69) is 4.98 Å². The zero-order valence-electron chi connectivity index (χ0n) is 15.2. The van der Waals surface area contributed by atoms with E-state index >= 15 is 0 Å². The van der Waals surface area contributed by atoms with Crippen molar-refractivity contribution in [3.63, 3.8) is 0 Å². The quantitative estimate of drug-likeness (QED) is 0.500. The average Bonchev–Trinajstić information content (AvgIpc) is 3.22. The third-order valence-corrected chi connectivity index (χ3v) is 5.26. The minimum atomic E-state index is -0.478. The Morgan fingerprint density at radius 3 is 2.62 bits per heavy atom. The minimum Gasteiger partial charge on any atom is -0.454 e. The van der Waals surface area contributed by atoms with Crippen molar-refractivity contribution in [2.24, 2.45) is 0 Å². The molecule has 2 aromatic heterocycles. The molecular formula is C20H20N2O3S. The van der Waals surface area contributed by atoms with Crippen LogP contribution in [0.2, 0.25) is 0 Å². The molecule has 0 aliphatic rings. The number of nitrogens with zero attached hydrogens (tertiary/aromatic N) is 2. The zero-order chi connectivity index (χ0) is 18.8. The van der Waals surface area contributed by atoms with Gasteiger partial charge in [0, 0.05) is 28.5 Å². The van der Waals surface area contributed by atoms with Crippen LogP contribution in [0.15, 0.2) is 35.8 Å². The number of ether oxygens (including phenoxy) is 1. The van der Waals surface area contributed by atoms with Crippen LogP contribution < -0.4 is 0 Å². The maximum Gasteiger partial charge on any atom is 0.338 e. The second-order valence-corrected chi connectivity index (χ2v) is 7.05. The third kappa shape index (κ3) is 3.32. The maximum atomic E-state index is 12.6. The fourth-order valence-electron chi connectivity index (χ4n) is 2.92. The predicted molar refractivity (Wildman–Crippen MR) is 101 cm³/mol. The maximum absolute atomic E-state index is 12.6. The lowest BCUT2D eigenvalue weighted by molar-refractivity contribution is 0.0473. The van der Waals surface area contributed by atoms with Crippen LogP contribution in [-0.4, -0.2) is 27.9 Å². The first-order valence-corrected chi connectivity index (χ1v) is 9.13. The van der Waals surface area contributed by atoms with Crippen LogP contribution in [0.3, 0.4) is 0 Å². The fraction of sp³-hybridized carbons (Fsp3) is 0.250. The molecule has 0 N–H and O–H groups in total. The molecule has 0 amide bonds. The van der Waals surface area contributed by atoms with E-state index in [0.717, 1.165) is 27.6 Å². The number of Topliss-reactive ketones (excluding diaryl/α,β-unsaturated/α-hetero) is 1. The van der Waals surface area contributed by atoms with E-state index in [1.54, 1.807) is 12.3 Å². The van der Waals surface area contributed by atoms with Crippen LogP contribution in [0.25, 0.3) is 5.13 Å². The van der Waals surface area contributed by atoms with E-state index in [1.807, 2.05) is 55.8 Å². The summed E-state index contributed by atoms with van der Waals surface area (Å²) in [4.78, 5) is 29.2. The Kier molecular flexibility index (Phi) is 5.04. The zero-order valence-corrected chi connectivity index (χ0v) is 16.0. The Balaban J connectivity index is 1.76. The number of carbonyl (C=O) groups is 2. The lowest BCUT2D eigenvalue weighted by Gasteiger charge is -2.09. The highest BCUT2D eigenvalue weighted by atomic mass is 32.1. The van der Waals surface area contributed by atoms with Gasteiger partial charge in [0.25, 0.3) is 0 Å². The molecule has 26 heavy (non-hydrogen) atoms. The van der Waals surface area contributed by atoms with Gasteiger partial charge in [-0.05, 0) is 51.0 Å². The van der Waals surface area contributed by atoms with E-state index in [0.29, 0.717) is 11.1 Å². The first kappa shape index (κ1) is 18.1. The molecule has 3 rings (SSSR count). The molecule has 0 fully saturated rings. The van der Waals surface area contributed by atoms with Gasteiger partial charge in [-0.15, -0.1) is 11.3 Å². The van der Waals surface area contributed by atoms with Gasteiger partial charge in [-0.1, -0.05) is 12.1 Å². The summed E-state index contributed by atoms with van der Waals surface area (Å²) < 4.78 is 7.20. The van der Waals surface area contributed by atoms with E-state index in [-0.39, 0.29) is 12.4 Å². The van der Waals surface area contributed by atoms with Crippen LogP contribution in [-0.2, 0) is 4.74 Å². The summed E-state index contributed by atoms with van der Waals surface area (Å²) in [5, 5.41) is 2.70. The number of hydrogen-bond acceptors (Lipinski definition) is 5. The molecule has 134 valence electrons. The van der Waals surface area contributed by atoms with Crippen molar-refractivity contribution < 1.29 is 14.3 Å². The summed E-state index contributed by atoms with van der Waals surface area (Å²) in [5.74, 6) is -0.701. The molecule has 0 bridgehead atoms. The van der Waals surface area contributed by atoms with Crippen molar-refractivity contribution in [2.45, 2.75) is 27.7 Å². The third-order valence-electron chi connectivity index (χ3n) is 4.50. The summed E-state index contributed by atoms with van der Waals surface area (Å²) in [6.07, 6.45) is 1.73. The lowest BCUT2D eigenvalue weighted by Crippen LogP contribution is -2.16.